The van der Waals surface area contributed by atoms with Gasteiger partial charge in [-0.25, -0.2) is 9.78 Å². The number of ether oxygens (including phenoxy) is 1. The molecule has 0 aliphatic rings. The molecule has 1 rings (SSSR count). The zero-order valence-electron chi connectivity index (χ0n) is 9.33. The van der Waals surface area contributed by atoms with Crippen LogP contribution in [0.25, 0.3) is 0 Å². The van der Waals surface area contributed by atoms with Crippen LogP contribution in [0.4, 0.5) is 0 Å². The van der Waals surface area contributed by atoms with Crippen molar-refractivity contribution in [3.05, 3.63) is 29.9 Å². The average Bonchev–Trinajstić information content (AvgIpc) is 2.60. The maximum Gasteiger partial charge on any atom is 0.333 e. The van der Waals surface area contributed by atoms with Crippen LogP contribution in [0.5, 0.6) is 0 Å². The van der Waals surface area contributed by atoms with Gasteiger partial charge in [-0.15, -0.1) is 0 Å². The number of aryl methyl sites for hydroxylation is 1. The Kier molecular flexibility index (Phi) is 3.66. The minimum Gasteiger partial charge on any atom is -0.453 e. The van der Waals surface area contributed by atoms with Crippen molar-refractivity contribution < 1.29 is 9.53 Å². The number of imidazole rings is 1. The molecule has 0 aliphatic heterocycles. The van der Waals surface area contributed by atoms with E-state index in [1.54, 1.807) is 13.1 Å². The zero-order chi connectivity index (χ0) is 11.4. The van der Waals surface area contributed by atoms with Crippen LogP contribution in [0.2, 0.25) is 0 Å². The molecular formula is C11H16N2O2. The topological polar surface area (TPSA) is 55.0 Å². The van der Waals surface area contributed by atoms with Crippen molar-refractivity contribution in [1.82, 2.24) is 9.97 Å². The van der Waals surface area contributed by atoms with Gasteiger partial charge < -0.3 is 9.72 Å². The van der Waals surface area contributed by atoms with Crippen molar-refractivity contribution in [3.8, 4) is 0 Å². The molecule has 0 aliphatic carbocycles. The Bertz CT molecular complexity index is 368. The predicted molar refractivity (Wildman–Crippen MR) is 57.3 cm³/mol. The molecule has 0 bridgehead atoms. The van der Waals surface area contributed by atoms with Crippen molar-refractivity contribution in [1.29, 1.82) is 0 Å². The van der Waals surface area contributed by atoms with Gasteiger partial charge in [-0.1, -0.05) is 13.5 Å². The lowest BCUT2D eigenvalue weighted by molar-refractivity contribution is -0.144. The Morgan fingerprint density at radius 1 is 1.73 bits per heavy atom. The minimum atomic E-state index is -0.367. The fourth-order valence-corrected chi connectivity index (χ4v) is 1.20. The Balaban J connectivity index is 2.72. The number of aromatic nitrogens is 2. The lowest BCUT2D eigenvalue weighted by Crippen LogP contribution is -2.11. The van der Waals surface area contributed by atoms with Crippen LogP contribution in [-0.2, 0) is 9.53 Å². The molecule has 4 nitrogen and oxygen atoms in total. The third kappa shape index (κ3) is 2.94. The lowest BCUT2D eigenvalue weighted by Gasteiger charge is -2.14. The average molecular weight is 208 g/mol. The lowest BCUT2D eigenvalue weighted by atomic mass is 10.2. The molecule has 1 aromatic rings. The number of esters is 1. The zero-order valence-corrected chi connectivity index (χ0v) is 9.33. The largest absolute Gasteiger partial charge is 0.453 e. The molecule has 4 heteroatoms. The van der Waals surface area contributed by atoms with Crippen LogP contribution in [-0.4, -0.2) is 15.9 Å². The number of nitrogens with zero attached hydrogens (tertiary/aromatic N) is 1. The molecule has 1 N–H and O–H groups in total. The van der Waals surface area contributed by atoms with Gasteiger partial charge in [-0.3, -0.25) is 0 Å². The van der Waals surface area contributed by atoms with Crippen LogP contribution < -0.4 is 0 Å². The molecule has 0 aromatic carbocycles. The number of rotatable bonds is 4. The van der Waals surface area contributed by atoms with Crippen molar-refractivity contribution in [2.45, 2.75) is 33.3 Å². The van der Waals surface area contributed by atoms with E-state index in [2.05, 4.69) is 16.5 Å². The molecule has 0 fully saturated rings. The first-order valence-corrected chi connectivity index (χ1v) is 4.92. The molecule has 82 valence electrons. The molecule has 0 amide bonds. The fraction of sp³-hybridized carbons (Fsp3) is 0.455. The summed E-state index contributed by atoms with van der Waals surface area (Å²) in [6.45, 7) is 8.98. The van der Waals surface area contributed by atoms with E-state index in [0.717, 1.165) is 11.5 Å². The third-order valence-electron chi connectivity index (χ3n) is 2.04. The van der Waals surface area contributed by atoms with Crippen LogP contribution in [0.3, 0.4) is 0 Å². The van der Waals surface area contributed by atoms with Crippen LogP contribution in [0.1, 0.15) is 37.9 Å². The first-order chi connectivity index (χ1) is 7.04. The van der Waals surface area contributed by atoms with E-state index in [0.29, 0.717) is 12.0 Å². The van der Waals surface area contributed by atoms with Crippen molar-refractivity contribution >= 4 is 5.97 Å². The maximum atomic E-state index is 11.3. The summed E-state index contributed by atoms with van der Waals surface area (Å²) >= 11 is 0. The number of hydrogen-bond donors (Lipinski definition) is 1. The van der Waals surface area contributed by atoms with E-state index in [1.165, 1.54) is 0 Å². The first-order valence-electron chi connectivity index (χ1n) is 4.92. The smallest absolute Gasteiger partial charge is 0.333 e. The van der Waals surface area contributed by atoms with E-state index in [1.807, 2.05) is 13.8 Å². The maximum absolute atomic E-state index is 11.3. The summed E-state index contributed by atoms with van der Waals surface area (Å²) in [5.41, 5.74) is 1.23. The molecule has 1 aromatic heterocycles. The van der Waals surface area contributed by atoms with Gasteiger partial charge >= 0.3 is 5.97 Å². The second kappa shape index (κ2) is 4.77. The van der Waals surface area contributed by atoms with Crippen LogP contribution >= 0.6 is 0 Å². The summed E-state index contributed by atoms with van der Waals surface area (Å²) < 4.78 is 5.25. The van der Waals surface area contributed by atoms with Gasteiger partial charge in [0.2, 0.25) is 0 Å². The standard InChI is InChI=1S/C11H16N2O2/c1-5-10(15-11(14)7(2)3)9-6-12-8(4)13-9/h6,10H,2,5H2,1,3-4H3,(H,12,13). The van der Waals surface area contributed by atoms with Crippen molar-refractivity contribution in [2.75, 3.05) is 0 Å². The highest BCUT2D eigenvalue weighted by Gasteiger charge is 2.16. The second-order valence-electron chi connectivity index (χ2n) is 3.51. The van der Waals surface area contributed by atoms with Gasteiger partial charge in [0.05, 0.1) is 11.9 Å². The minimum absolute atomic E-state index is 0.268. The number of hydrogen-bond acceptors (Lipinski definition) is 3. The monoisotopic (exact) mass is 208 g/mol. The number of aromatic amines is 1. The third-order valence-corrected chi connectivity index (χ3v) is 2.04. The quantitative estimate of drug-likeness (QED) is 0.610. The van der Waals surface area contributed by atoms with Gasteiger partial charge in [0.15, 0.2) is 0 Å². The van der Waals surface area contributed by atoms with Gasteiger partial charge in [-0.05, 0) is 20.3 Å². The summed E-state index contributed by atoms with van der Waals surface area (Å²) in [7, 11) is 0. The molecular weight excluding hydrogens is 192 g/mol. The molecule has 1 unspecified atom stereocenters. The first kappa shape index (κ1) is 11.5. The summed E-state index contributed by atoms with van der Waals surface area (Å²) in [5.74, 6) is 0.448. The molecule has 0 radical (unpaired) electrons. The molecule has 0 saturated carbocycles. The normalized spacial score (nSPS) is 12.2. The Hall–Kier alpha value is -1.58. The SMILES string of the molecule is C=C(C)C(=O)OC(CC)c1cnc(C)[nH]1. The Morgan fingerprint density at radius 3 is 2.80 bits per heavy atom. The number of nitrogens with one attached hydrogen (secondary N) is 1. The molecule has 0 saturated heterocycles. The highest BCUT2D eigenvalue weighted by Crippen LogP contribution is 2.20. The summed E-state index contributed by atoms with van der Waals surface area (Å²) in [6, 6.07) is 0. The highest BCUT2D eigenvalue weighted by molar-refractivity contribution is 5.87. The fourth-order valence-electron chi connectivity index (χ4n) is 1.20. The highest BCUT2D eigenvalue weighted by atomic mass is 16.5. The number of carbonyl (C=O) groups excluding carboxylic acids is 1. The molecule has 1 heterocycles. The van der Waals surface area contributed by atoms with Gasteiger partial charge in [-0.2, -0.15) is 0 Å². The van der Waals surface area contributed by atoms with Crippen molar-refractivity contribution in [2.24, 2.45) is 0 Å². The molecule has 1 atom stereocenters. The molecule has 0 spiro atoms. The van der Waals surface area contributed by atoms with Gasteiger partial charge in [0.25, 0.3) is 0 Å². The van der Waals surface area contributed by atoms with E-state index in [-0.39, 0.29) is 12.1 Å². The Morgan fingerprint density at radius 2 is 2.40 bits per heavy atom. The summed E-state index contributed by atoms with van der Waals surface area (Å²) in [4.78, 5) is 18.5. The summed E-state index contributed by atoms with van der Waals surface area (Å²) in [5, 5.41) is 0. The van der Waals surface area contributed by atoms with Gasteiger partial charge in [0, 0.05) is 5.57 Å². The predicted octanol–water partition coefficient (Wildman–Crippen LogP) is 2.29. The van der Waals surface area contributed by atoms with E-state index in [9.17, 15) is 4.79 Å². The van der Waals surface area contributed by atoms with Crippen molar-refractivity contribution in [3.63, 3.8) is 0 Å². The van der Waals surface area contributed by atoms with E-state index < -0.39 is 0 Å². The van der Waals surface area contributed by atoms with E-state index >= 15 is 0 Å². The van der Waals surface area contributed by atoms with Gasteiger partial charge in [0.1, 0.15) is 11.9 Å². The van der Waals surface area contributed by atoms with E-state index in [4.69, 9.17) is 4.74 Å². The van der Waals surface area contributed by atoms with Crippen LogP contribution in [0, 0.1) is 6.92 Å². The van der Waals surface area contributed by atoms with Crippen LogP contribution in [0.15, 0.2) is 18.3 Å². The second-order valence-corrected chi connectivity index (χ2v) is 3.51. The number of H-pyrrole nitrogens is 1. The molecule has 15 heavy (non-hydrogen) atoms. The number of carbonyl (C=O) groups is 1. The summed E-state index contributed by atoms with van der Waals surface area (Å²) in [6.07, 6.45) is 2.13. The Labute approximate surface area is 89.4 Å².